The maximum Gasteiger partial charge on any atom is 0.243 e. The number of hydrogen-bond acceptors (Lipinski definition) is 4. The summed E-state index contributed by atoms with van der Waals surface area (Å²) in [6.45, 7) is 2.00. The molecule has 32 heavy (non-hydrogen) atoms. The van der Waals surface area contributed by atoms with E-state index in [9.17, 15) is 22.4 Å². The third-order valence-corrected chi connectivity index (χ3v) is 6.27. The summed E-state index contributed by atoms with van der Waals surface area (Å²) in [5.74, 6) is -1.26. The lowest BCUT2D eigenvalue weighted by Crippen LogP contribution is -2.53. The summed E-state index contributed by atoms with van der Waals surface area (Å²) >= 11 is 0. The number of sulfonamides is 1. The van der Waals surface area contributed by atoms with E-state index >= 15 is 0 Å². The molecule has 0 saturated carbocycles. The van der Waals surface area contributed by atoms with Crippen molar-refractivity contribution >= 4 is 21.8 Å². The normalized spacial score (nSPS) is 12.4. The van der Waals surface area contributed by atoms with E-state index in [1.807, 2.05) is 37.3 Å². The first kappa shape index (κ1) is 25.5. The van der Waals surface area contributed by atoms with Crippen LogP contribution in [0.1, 0.15) is 24.5 Å². The number of hydrogen-bond donors (Lipinski definition) is 1. The van der Waals surface area contributed by atoms with Gasteiger partial charge in [0.15, 0.2) is 0 Å². The molecule has 2 aromatic carbocycles. The molecule has 0 aliphatic carbocycles. The Hall–Kier alpha value is -2.78. The van der Waals surface area contributed by atoms with Gasteiger partial charge in [0.1, 0.15) is 11.9 Å². The van der Waals surface area contributed by atoms with Crippen molar-refractivity contribution in [2.24, 2.45) is 0 Å². The monoisotopic (exact) mass is 463 g/mol. The third-order valence-electron chi connectivity index (χ3n) is 5.01. The molecule has 0 fully saturated rings. The molecule has 0 saturated heterocycles. The van der Waals surface area contributed by atoms with Gasteiger partial charge in [-0.15, -0.1) is 0 Å². The van der Waals surface area contributed by atoms with Crippen molar-refractivity contribution in [1.29, 1.82) is 0 Å². The lowest BCUT2D eigenvalue weighted by atomic mass is 10.0. The van der Waals surface area contributed by atoms with Crippen LogP contribution in [0.15, 0.2) is 54.6 Å². The van der Waals surface area contributed by atoms with Gasteiger partial charge >= 0.3 is 0 Å². The van der Waals surface area contributed by atoms with E-state index in [1.165, 1.54) is 24.1 Å². The summed E-state index contributed by atoms with van der Waals surface area (Å²) in [6, 6.07) is 14.1. The highest BCUT2D eigenvalue weighted by Gasteiger charge is 2.31. The lowest BCUT2D eigenvalue weighted by Gasteiger charge is -2.32. The summed E-state index contributed by atoms with van der Waals surface area (Å²) in [4.78, 5) is 27.7. The number of nitrogens with one attached hydrogen (secondary N) is 1. The van der Waals surface area contributed by atoms with Crippen LogP contribution < -0.4 is 5.32 Å². The Morgan fingerprint density at radius 2 is 1.66 bits per heavy atom. The molecule has 7 nitrogen and oxygen atoms in total. The van der Waals surface area contributed by atoms with E-state index in [0.717, 1.165) is 22.5 Å². The second-order valence-corrected chi connectivity index (χ2v) is 9.75. The lowest BCUT2D eigenvalue weighted by molar-refractivity contribution is -0.141. The molecule has 2 amide bonds. The molecule has 0 radical (unpaired) electrons. The predicted molar refractivity (Wildman–Crippen MR) is 122 cm³/mol. The van der Waals surface area contributed by atoms with Gasteiger partial charge in [0.2, 0.25) is 21.8 Å². The van der Waals surface area contributed by atoms with Gasteiger partial charge in [-0.05, 0) is 29.7 Å². The number of halogens is 1. The summed E-state index contributed by atoms with van der Waals surface area (Å²) in [5.41, 5.74) is 1.49. The van der Waals surface area contributed by atoms with E-state index in [1.54, 1.807) is 12.1 Å². The first-order chi connectivity index (χ1) is 15.1. The maximum atomic E-state index is 13.4. The fourth-order valence-electron chi connectivity index (χ4n) is 3.11. The van der Waals surface area contributed by atoms with E-state index < -0.39 is 34.3 Å². The van der Waals surface area contributed by atoms with Crippen molar-refractivity contribution in [3.63, 3.8) is 0 Å². The quantitative estimate of drug-likeness (QED) is 0.554. The van der Waals surface area contributed by atoms with Crippen molar-refractivity contribution in [2.75, 3.05) is 26.4 Å². The zero-order valence-corrected chi connectivity index (χ0v) is 19.4. The molecule has 2 rings (SSSR count). The minimum absolute atomic E-state index is 0.0355. The number of nitrogens with zero attached hydrogens (tertiary/aromatic N) is 2. The van der Waals surface area contributed by atoms with Crippen molar-refractivity contribution in [2.45, 2.75) is 32.4 Å². The predicted octanol–water partition coefficient (Wildman–Crippen LogP) is 2.18. The van der Waals surface area contributed by atoms with Crippen LogP contribution in [0.4, 0.5) is 4.39 Å². The summed E-state index contributed by atoms with van der Waals surface area (Å²) in [6.07, 6.45) is 2.00. The van der Waals surface area contributed by atoms with Crippen molar-refractivity contribution in [3.8, 4) is 0 Å². The van der Waals surface area contributed by atoms with Gasteiger partial charge in [-0.3, -0.25) is 9.59 Å². The zero-order valence-electron chi connectivity index (χ0n) is 18.6. The van der Waals surface area contributed by atoms with Crippen LogP contribution in [-0.4, -0.2) is 61.9 Å². The van der Waals surface area contributed by atoms with Crippen LogP contribution in [0, 0.1) is 5.82 Å². The SMILES string of the molecule is CCCNC(=O)[C@H](Cc1ccccc1)N(Cc1ccc(F)cc1)C(=O)CN(C)S(C)(=O)=O. The largest absolute Gasteiger partial charge is 0.354 e. The Balaban J connectivity index is 2.41. The van der Waals surface area contributed by atoms with Crippen LogP contribution in [-0.2, 0) is 32.6 Å². The smallest absolute Gasteiger partial charge is 0.243 e. The summed E-state index contributed by atoms with van der Waals surface area (Å²) in [7, 11) is -2.28. The number of likely N-dealkylation sites (N-methyl/N-ethyl adjacent to an activating group) is 1. The first-order valence-electron chi connectivity index (χ1n) is 10.4. The molecule has 0 aliphatic heterocycles. The average Bonchev–Trinajstić information content (AvgIpc) is 2.75. The maximum absolute atomic E-state index is 13.4. The molecule has 1 N–H and O–H groups in total. The van der Waals surface area contributed by atoms with E-state index in [0.29, 0.717) is 12.1 Å². The molecular formula is C23H30FN3O4S. The molecule has 0 spiro atoms. The number of amides is 2. The fraction of sp³-hybridized carbons (Fsp3) is 0.391. The molecule has 0 heterocycles. The van der Waals surface area contributed by atoms with Crippen LogP contribution in [0.3, 0.4) is 0 Å². The molecule has 2 aromatic rings. The molecule has 174 valence electrons. The third kappa shape index (κ3) is 7.72. The first-order valence-corrected chi connectivity index (χ1v) is 12.2. The fourth-order valence-corrected chi connectivity index (χ4v) is 3.45. The molecule has 0 unspecified atom stereocenters. The zero-order chi connectivity index (χ0) is 23.7. The summed E-state index contributed by atoms with van der Waals surface area (Å²) in [5, 5.41) is 2.84. The topological polar surface area (TPSA) is 86.8 Å². The Kier molecular flexibility index (Phi) is 9.34. The van der Waals surface area contributed by atoms with Gasteiger partial charge in [0, 0.05) is 26.6 Å². The molecule has 0 aromatic heterocycles. The van der Waals surface area contributed by atoms with E-state index in [-0.39, 0.29) is 18.9 Å². The van der Waals surface area contributed by atoms with Gasteiger partial charge in [0.05, 0.1) is 12.8 Å². The average molecular weight is 464 g/mol. The second-order valence-electron chi connectivity index (χ2n) is 7.66. The van der Waals surface area contributed by atoms with Crippen LogP contribution >= 0.6 is 0 Å². The van der Waals surface area contributed by atoms with Gasteiger partial charge in [-0.25, -0.2) is 12.8 Å². The highest BCUT2D eigenvalue weighted by atomic mass is 32.2. The molecule has 9 heteroatoms. The molecule has 0 bridgehead atoms. The number of carbonyl (C=O) groups is 2. The highest BCUT2D eigenvalue weighted by molar-refractivity contribution is 7.88. The molecular weight excluding hydrogens is 433 g/mol. The second kappa shape index (κ2) is 11.7. The van der Waals surface area contributed by atoms with E-state index in [2.05, 4.69) is 5.32 Å². The van der Waals surface area contributed by atoms with E-state index in [4.69, 9.17) is 0 Å². The minimum Gasteiger partial charge on any atom is -0.354 e. The van der Waals surface area contributed by atoms with Crippen molar-refractivity contribution in [3.05, 3.63) is 71.5 Å². The van der Waals surface area contributed by atoms with Gasteiger partial charge in [0.25, 0.3) is 0 Å². The molecule has 1 atom stereocenters. The van der Waals surface area contributed by atoms with Gasteiger partial charge < -0.3 is 10.2 Å². The number of benzene rings is 2. The Labute approximate surface area is 189 Å². The number of rotatable bonds is 11. The van der Waals surface area contributed by atoms with Crippen molar-refractivity contribution < 1.29 is 22.4 Å². The Morgan fingerprint density at radius 1 is 1.03 bits per heavy atom. The molecule has 0 aliphatic rings. The highest BCUT2D eigenvalue weighted by Crippen LogP contribution is 2.16. The standard InChI is InChI=1S/C23H30FN3O4S/c1-4-14-25-23(29)21(15-18-8-6-5-7-9-18)27(16-19-10-12-20(24)13-11-19)22(28)17-26(2)32(3,30)31/h5-13,21H,4,14-17H2,1-3H3,(H,25,29)/t21-/m0/s1. The van der Waals surface area contributed by atoms with Gasteiger partial charge in [-0.2, -0.15) is 4.31 Å². The van der Waals surface area contributed by atoms with Crippen LogP contribution in [0.25, 0.3) is 0 Å². The summed E-state index contributed by atoms with van der Waals surface area (Å²) < 4.78 is 38.0. The van der Waals surface area contributed by atoms with Crippen LogP contribution in [0.5, 0.6) is 0 Å². The van der Waals surface area contributed by atoms with Gasteiger partial charge in [-0.1, -0.05) is 49.4 Å². The Morgan fingerprint density at radius 3 is 2.22 bits per heavy atom. The van der Waals surface area contributed by atoms with Crippen LogP contribution in [0.2, 0.25) is 0 Å². The minimum atomic E-state index is -3.59. The van der Waals surface area contributed by atoms with Crippen molar-refractivity contribution in [1.82, 2.24) is 14.5 Å². The Bertz CT molecular complexity index is 998. The number of carbonyl (C=O) groups excluding carboxylic acids is 2.